The topological polar surface area (TPSA) is 58.2 Å². The number of aldehydes is 1. The second-order valence-corrected chi connectivity index (χ2v) is 7.52. The number of benzene rings is 2. The highest BCUT2D eigenvalue weighted by atomic mass is 16.1. The van der Waals surface area contributed by atoms with E-state index in [-0.39, 0.29) is 11.8 Å². The molecule has 2 aromatic carbocycles. The number of carbonyl (C=O) groups excluding carboxylic acids is 2. The van der Waals surface area contributed by atoms with Gasteiger partial charge in [0.25, 0.3) is 0 Å². The Morgan fingerprint density at radius 3 is 2.75 bits per heavy atom. The lowest BCUT2D eigenvalue weighted by molar-refractivity contribution is -0.108. The molecule has 2 aromatic rings. The molecule has 4 heteroatoms. The van der Waals surface area contributed by atoms with Crippen molar-refractivity contribution in [3.8, 4) is 0 Å². The Hall–Kier alpha value is -2.46. The Morgan fingerprint density at radius 2 is 1.93 bits per heavy atom. The Labute approximate surface area is 167 Å². The van der Waals surface area contributed by atoms with E-state index in [1.807, 2.05) is 24.3 Å². The molecule has 1 aliphatic heterocycles. The van der Waals surface area contributed by atoms with Crippen LogP contribution in [-0.4, -0.2) is 31.2 Å². The summed E-state index contributed by atoms with van der Waals surface area (Å²) in [6.07, 6.45) is 7.36. The minimum absolute atomic E-state index is 0.102. The van der Waals surface area contributed by atoms with Crippen LogP contribution in [0.1, 0.15) is 53.6 Å². The van der Waals surface area contributed by atoms with E-state index >= 15 is 0 Å². The van der Waals surface area contributed by atoms with E-state index in [1.165, 1.54) is 5.56 Å². The van der Waals surface area contributed by atoms with Gasteiger partial charge in [-0.25, -0.2) is 0 Å². The molecule has 0 fully saturated rings. The summed E-state index contributed by atoms with van der Waals surface area (Å²) in [6.45, 7) is 2.00. The zero-order chi connectivity index (χ0) is 19.6. The molecule has 0 bridgehead atoms. The van der Waals surface area contributed by atoms with Crippen LogP contribution in [0.15, 0.2) is 48.5 Å². The molecule has 4 nitrogen and oxygen atoms in total. The summed E-state index contributed by atoms with van der Waals surface area (Å²) in [5.41, 5.74) is 4.29. The number of fused-ring (bicyclic) bond motifs is 1. The average molecular weight is 379 g/mol. The monoisotopic (exact) mass is 378 g/mol. The van der Waals surface area contributed by atoms with Crippen LogP contribution in [0.25, 0.3) is 0 Å². The number of unbranched alkanes of at least 4 members (excludes halogenated alkanes) is 2. The highest BCUT2D eigenvalue weighted by Gasteiger charge is 2.18. The number of hydrogen-bond acceptors (Lipinski definition) is 4. The minimum Gasteiger partial charge on any atom is -0.375 e. The van der Waals surface area contributed by atoms with Crippen molar-refractivity contribution in [2.75, 3.05) is 18.4 Å². The third kappa shape index (κ3) is 6.03. The number of aryl methyl sites for hydroxylation is 1. The van der Waals surface area contributed by atoms with Gasteiger partial charge in [0, 0.05) is 17.7 Å². The Bertz CT molecular complexity index is 773. The average Bonchev–Trinajstić information content (AvgIpc) is 2.75. The minimum atomic E-state index is -0.102. The summed E-state index contributed by atoms with van der Waals surface area (Å²) >= 11 is 0. The predicted molar refractivity (Wildman–Crippen MR) is 114 cm³/mol. The quantitative estimate of drug-likeness (QED) is 0.350. The van der Waals surface area contributed by atoms with Crippen LogP contribution in [0.3, 0.4) is 0 Å². The number of ketones is 1. The summed E-state index contributed by atoms with van der Waals surface area (Å²) in [5, 5.41) is 6.69. The van der Waals surface area contributed by atoms with Crippen molar-refractivity contribution >= 4 is 17.8 Å². The number of rotatable bonds is 11. The van der Waals surface area contributed by atoms with Crippen LogP contribution in [0, 0.1) is 0 Å². The molecule has 1 unspecified atom stereocenters. The molecule has 0 saturated heterocycles. The summed E-state index contributed by atoms with van der Waals surface area (Å²) in [4.78, 5) is 23.4. The fourth-order valence-electron chi connectivity index (χ4n) is 3.66. The molecule has 1 atom stereocenters. The van der Waals surface area contributed by atoms with Crippen LogP contribution in [0.5, 0.6) is 0 Å². The first kappa shape index (κ1) is 20.3. The molecule has 0 amide bonds. The van der Waals surface area contributed by atoms with Gasteiger partial charge < -0.3 is 15.4 Å². The highest BCUT2D eigenvalue weighted by molar-refractivity contribution is 5.96. The lowest BCUT2D eigenvalue weighted by Crippen LogP contribution is -2.26. The van der Waals surface area contributed by atoms with Crippen molar-refractivity contribution in [2.45, 2.75) is 51.0 Å². The first-order chi connectivity index (χ1) is 13.8. The van der Waals surface area contributed by atoms with Crippen LogP contribution in [0.4, 0.5) is 5.69 Å². The zero-order valence-corrected chi connectivity index (χ0v) is 16.5. The van der Waals surface area contributed by atoms with Gasteiger partial charge in [-0.3, -0.25) is 4.79 Å². The van der Waals surface area contributed by atoms with Crippen molar-refractivity contribution in [2.24, 2.45) is 0 Å². The molecule has 28 heavy (non-hydrogen) atoms. The van der Waals surface area contributed by atoms with Crippen LogP contribution >= 0.6 is 0 Å². The smallest absolute Gasteiger partial charge is 0.162 e. The standard InChI is InChI=1S/C24H30N2O2/c27-18-22-12-10-20-17-21(11-13-23(20)26-22)24(28)9-5-2-6-15-25-16-14-19-7-3-1-4-8-19/h1,3-4,7-8,11,13,17-18,22,25-26H,2,5-6,9-10,12,14-16H2. The van der Waals surface area contributed by atoms with Gasteiger partial charge in [-0.2, -0.15) is 0 Å². The molecule has 148 valence electrons. The Balaban J connectivity index is 1.30. The maximum atomic E-state index is 12.5. The van der Waals surface area contributed by atoms with E-state index in [2.05, 4.69) is 34.9 Å². The molecule has 0 radical (unpaired) electrons. The molecule has 1 heterocycles. The molecular weight excluding hydrogens is 348 g/mol. The number of anilines is 1. The molecule has 0 spiro atoms. The summed E-state index contributed by atoms with van der Waals surface area (Å²) < 4.78 is 0. The molecule has 0 aromatic heterocycles. The summed E-state index contributed by atoms with van der Waals surface area (Å²) in [5.74, 6) is 0.220. The first-order valence-electron chi connectivity index (χ1n) is 10.4. The van der Waals surface area contributed by atoms with Gasteiger partial charge in [0.2, 0.25) is 0 Å². The van der Waals surface area contributed by atoms with Gasteiger partial charge in [-0.15, -0.1) is 0 Å². The molecule has 0 saturated carbocycles. The van der Waals surface area contributed by atoms with Crippen molar-refractivity contribution < 1.29 is 9.59 Å². The van der Waals surface area contributed by atoms with E-state index in [1.54, 1.807) is 0 Å². The number of nitrogens with one attached hydrogen (secondary N) is 2. The van der Waals surface area contributed by atoms with Crippen molar-refractivity contribution in [1.29, 1.82) is 0 Å². The van der Waals surface area contributed by atoms with Gasteiger partial charge in [0.05, 0.1) is 6.04 Å². The lowest BCUT2D eigenvalue weighted by atomic mass is 9.95. The second-order valence-electron chi connectivity index (χ2n) is 7.52. The number of Topliss-reactive ketones (excluding diaryl/α,β-unsaturated/α-hetero) is 1. The molecule has 2 N–H and O–H groups in total. The van der Waals surface area contributed by atoms with E-state index < -0.39 is 0 Å². The molecule has 1 aliphatic rings. The first-order valence-corrected chi connectivity index (χ1v) is 10.4. The fraction of sp³-hybridized carbons (Fsp3) is 0.417. The zero-order valence-electron chi connectivity index (χ0n) is 16.5. The fourth-order valence-corrected chi connectivity index (χ4v) is 3.66. The van der Waals surface area contributed by atoms with E-state index in [9.17, 15) is 9.59 Å². The summed E-state index contributed by atoms with van der Waals surface area (Å²) in [6, 6.07) is 16.2. The number of carbonyl (C=O) groups is 2. The van der Waals surface area contributed by atoms with Gasteiger partial charge in [-0.1, -0.05) is 36.8 Å². The van der Waals surface area contributed by atoms with Gasteiger partial charge >= 0.3 is 0 Å². The maximum Gasteiger partial charge on any atom is 0.162 e. The largest absolute Gasteiger partial charge is 0.375 e. The van der Waals surface area contributed by atoms with Crippen molar-refractivity contribution in [1.82, 2.24) is 5.32 Å². The van der Waals surface area contributed by atoms with Crippen LogP contribution in [-0.2, 0) is 17.6 Å². The van der Waals surface area contributed by atoms with E-state index in [0.717, 1.165) is 74.7 Å². The predicted octanol–water partition coefficient (Wildman–Crippen LogP) is 4.19. The van der Waals surface area contributed by atoms with E-state index in [0.29, 0.717) is 6.42 Å². The number of hydrogen-bond donors (Lipinski definition) is 2. The van der Waals surface area contributed by atoms with Gasteiger partial charge in [-0.05, 0) is 74.5 Å². The normalized spacial score (nSPS) is 15.5. The lowest BCUT2D eigenvalue weighted by Gasteiger charge is -2.23. The highest BCUT2D eigenvalue weighted by Crippen LogP contribution is 2.26. The Kier molecular flexibility index (Phi) is 7.80. The third-order valence-electron chi connectivity index (χ3n) is 5.35. The Morgan fingerprint density at radius 1 is 1.07 bits per heavy atom. The summed E-state index contributed by atoms with van der Waals surface area (Å²) in [7, 11) is 0. The van der Waals surface area contributed by atoms with E-state index in [4.69, 9.17) is 0 Å². The molecular formula is C24H30N2O2. The SMILES string of the molecule is O=CC1CCc2cc(C(=O)CCCCCNCCc3ccccc3)ccc2N1. The maximum absolute atomic E-state index is 12.5. The molecule has 3 rings (SSSR count). The van der Waals surface area contributed by atoms with Crippen molar-refractivity contribution in [3.05, 3.63) is 65.2 Å². The van der Waals surface area contributed by atoms with Crippen LogP contribution in [0.2, 0.25) is 0 Å². The third-order valence-corrected chi connectivity index (χ3v) is 5.35. The van der Waals surface area contributed by atoms with Crippen molar-refractivity contribution in [3.63, 3.8) is 0 Å². The molecule has 0 aliphatic carbocycles. The van der Waals surface area contributed by atoms with Gasteiger partial charge in [0.1, 0.15) is 6.29 Å². The van der Waals surface area contributed by atoms with Gasteiger partial charge in [0.15, 0.2) is 5.78 Å². The van der Waals surface area contributed by atoms with Crippen LogP contribution < -0.4 is 10.6 Å². The second kappa shape index (κ2) is 10.8.